The van der Waals surface area contributed by atoms with Crippen LogP contribution in [-0.2, 0) is 21.2 Å². The molecule has 4 N–H and O–H groups in total. The fraction of sp³-hybridized carbons (Fsp3) is 0.424. The fourth-order valence-corrected chi connectivity index (χ4v) is 8.20. The third kappa shape index (κ3) is 8.58. The van der Waals surface area contributed by atoms with Crippen molar-refractivity contribution in [3.8, 4) is 5.88 Å². The van der Waals surface area contributed by atoms with Crippen LogP contribution in [0.2, 0.25) is 5.02 Å². The molecule has 3 heterocycles. The van der Waals surface area contributed by atoms with Gasteiger partial charge in [0.25, 0.3) is 0 Å². The number of sulfonamides is 1. The molecule has 2 saturated heterocycles. The number of carbonyl (C=O) groups excluding carboxylic acids is 1. The number of nitrogens with one attached hydrogen (secondary N) is 3. The smallest absolute Gasteiger partial charge is 0.405 e. The second kappa shape index (κ2) is 15.0. The van der Waals surface area contributed by atoms with Gasteiger partial charge in [-0.15, -0.1) is 0 Å². The zero-order valence-corrected chi connectivity index (χ0v) is 27.7. The molecule has 2 bridgehead atoms. The molecule has 0 aliphatic carbocycles. The number of carbonyl (C=O) groups is 2. The van der Waals surface area contributed by atoms with Gasteiger partial charge in [0.1, 0.15) is 11.9 Å². The van der Waals surface area contributed by atoms with E-state index in [1.165, 1.54) is 22.6 Å². The Bertz CT molecular complexity index is 1680. The number of hydrogen-bond acceptors (Lipinski definition) is 7. The van der Waals surface area contributed by atoms with Gasteiger partial charge in [0, 0.05) is 59.6 Å². The first-order valence-electron chi connectivity index (χ1n) is 15.6. The Labute approximate surface area is 278 Å². The monoisotopic (exact) mass is 687 g/mol. The third-order valence-electron chi connectivity index (χ3n) is 8.46. The predicted molar refractivity (Wildman–Crippen MR) is 177 cm³/mol. The van der Waals surface area contributed by atoms with Crippen molar-refractivity contribution in [3.05, 3.63) is 88.3 Å². The number of nitrogens with zero attached hydrogens (tertiary/aromatic N) is 2. The molecular weight excluding hydrogens is 649 g/mol. The molecule has 11 nitrogen and oxygen atoms in total. The Hall–Kier alpha value is -3.78. The predicted octanol–water partition coefficient (Wildman–Crippen LogP) is 4.77. The zero-order chi connectivity index (χ0) is 33.7. The van der Waals surface area contributed by atoms with Gasteiger partial charge in [0.15, 0.2) is 0 Å². The van der Waals surface area contributed by atoms with Gasteiger partial charge < -0.3 is 25.8 Å². The summed E-state index contributed by atoms with van der Waals surface area (Å²) in [6.45, 7) is 4.55. The standard InChI is InChI=1S/C33H39ClFN5O6S/c1-20(2)46-29-15-10-22(17-37-29)30(21-8-11-23(34)12-9-21)31(39-33(42)43)32(41)38-28-7-3-6-27(35)26(28)14-13-25-18-36-24-5-4-16-47(44,45)40(25)19-24/h3,6-12,15,17,20,24-25,30-31,36,39H,4-5,13-14,16,18-19H2,1-2H3,(H,38,41)(H,42,43)/t24?,25?,30-,31+/m1/s1. The highest BCUT2D eigenvalue weighted by atomic mass is 35.5. The Kier molecular flexibility index (Phi) is 11.0. The van der Waals surface area contributed by atoms with Gasteiger partial charge in [-0.05, 0) is 74.9 Å². The quantitative estimate of drug-likeness (QED) is 0.225. The Morgan fingerprint density at radius 1 is 1.15 bits per heavy atom. The van der Waals surface area contributed by atoms with Crippen molar-refractivity contribution >= 4 is 39.3 Å². The van der Waals surface area contributed by atoms with Crippen molar-refractivity contribution < 1.29 is 32.2 Å². The number of fused-ring (bicyclic) bond motifs is 2. The van der Waals surface area contributed by atoms with E-state index in [1.807, 2.05) is 13.8 Å². The molecule has 2 aliphatic rings. The molecule has 14 heteroatoms. The summed E-state index contributed by atoms with van der Waals surface area (Å²) < 4.78 is 48.4. The second-order valence-corrected chi connectivity index (χ2v) is 14.6. The summed E-state index contributed by atoms with van der Waals surface area (Å²) >= 11 is 6.14. The lowest BCUT2D eigenvalue weighted by Crippen LogP contribution is -2.57. The van der Waals surface area contributed by atoms with E-state index < -0.39 is 39.8 Å². The summed E-state index contributed by atoms with van der Waals surface area (Å²) in [4.78, 5) is 30.4. The summed E-state index contributed by atoms with van der Waals surface area (Å²) in [7, 11) is -3.44. The van der Waals surface area contributed by atoms with Crippen LogP contribution in [0.3, 0.4) is 0 Å². The van der Waals surface area contributed by atoms with E-state index in [1.54, 1.807) is 42.5 Å². The van der Waals surface area contributed by atoms with Gasteiger partial charge in [0.2, 0.25) is 21.8 Å². The molecule has 0 spiro atoms. The molecule has 2 fully saturated rings. The molecule has 1 aromatic heterocycles. The molecule has 3 aromatic rings. The lowest BCUT2D eigenvalue weighted by Gasteiger charge is -2.37. The lowest BCUT2D eigenvalue weighted by molar-refractivity contribution is -0.118. The van der Waals surface area contributed by atoms with Gasteiger partial charge in [-0.2, -0.15) is 4.31 Å². The van der Waals surface area contributed by atoms with Crippen molar-refractivity contribution in [1.82, 2.24) is 19.9 Å². The molecule has 2 amide bonds. The summed E-state index contributed by atoms with van der Waals surface area (Å²) in [6.07, 6.45) is 1.80. The number of hydrogen-bond donors (Lipinski definition) is 4. The first-order chi connectivity index (χ1) is 22.4. The van der Waals surface area contributed by atoms with E-state index in [9.17, 15) is 23.1 Å². The average Bonchev–Trinajstić information content (AvgIpc) is 3.13. The molecule has 2 aromatic carbocycles. The van der Waals surface area contributed by atoms with Crippen molar-refractivity contribution in [2.24, 2.45) is 0 Å². The minimum Gasteiger partial charge on any atom is -0.475 e. The summed E-state index contributed by atoms with van der Waals surface area (Å²) in [5.74, 6) is -1.69. The first kappa shape index (κ1) is 34.6. The largest absolute Gasteiger partial charge is 0.475 e. The van der Waals surface area contributed by atoms with Crippen LogP contribution in [0.5, 0.6) is 5.88 Å². The number of halogens is 2. The highest BCUT2D eigenvalue weighted by Gasteiger charge is 2.38. The minimum absolute atomic E-state index is 0.0818. The van der Waals surface area contributed by atoms with Crippen molar-refractivity contribution in [2.45, 2.75) is 69.7 Å². The molecule has 47 heavy (non-hydrogen) atoms. The number of aromatic nitrogens is 1. The SMILES string of the molecule is CC(C)Oc1ccc([C@@H](c2ccc(Cl)cc2)[C@H](NC(=O)O)C(=O)Nc2cccc(F)c2CCC2CNC3CCCS(=O)(=O)N2C3)cn1. The maximum atomic E-state index is 15.3. The van der Waals surface area contributed by atoms with E-state index in [0.717, 1.165) is 6.42 Å². The van der Waals surface area contributed by atoms with Gasteiger partial charge in [-0.25, -0.2) is 22.6 Å². The van der Waals surface area contributed by atoms with Crippen molar-refractivity contribution in [2.75, 3.05) is 24.2 Å². The third-order valence-corrected chi connectivity index (χ3v) is 10.7. The van der Waals surface area contributed by atoms with E-state index in [0.29, 0.717) is 48.0 Å². The molecule has 2 aliphatic heterocycles. The molecule has 0 radical (unpaired) electrons. The number of rotatable bonds is 11. The molecule has 3 unspecified atom stereocenters. The Morgan fingerprint density at radius 3 is 2.57 bits per heavy atom. The number of benzene rings is 2. The van der Waals surface area contributed by atoms with Crippen LogP contribution in [0.25, 0.3) is 0 Å². The number of amides is 2. The normalized spacial score (nSPS) is 21.7. The van der Waals surface area contributed by atoms with Gasteiger partial charge in [-0.1, -0.05) is 35.9 Å². The number of carboxylic acid groups (broad SMARTS) is 1. The van der Waals surface area contributed by atoms with Gasteiger partial charge >= 0.3 is 6.09 Å². The van der Waals surface area contributed by atoms with Gasteiger partial charge in [0.05, 0.1) is 11.9 Å². The van der Waals surface area contributed by atoms with Crippen molar-refractivity contribution in [1.29, 1.82) is 0 Å². The first-order valence-corrected chi connectivity index (χ1v) is 17.6. The van der Waals surface area contributed by atoms with E-state index in [2.05, 4.69) is 20.9 Å². The Balaban J connectivity index is 1.43. The summed E-state index contributed by atoms with van der Waals surface area (Å²) in [5.41, 5.74) is 1.48. The molecule has 252 valence electrons. The fourth-order valence-electron chi connectivity index (χ4n) is 6.26. The summed E-state index contributed by atoms with van der Waals surface area (Å²) in [6, 6.07) is 12.6. The molecule has 0 saturated carbocycles. The lowest BCUT2D eigenvalue weighted by atomic mass is 9.85. The number of pyridine rings is 1. The highest BCUT2D eigenvalue weighted by molar-refractivity contribution is 7.89. The number of anilines is 1. The zero-order valence-electron chi connectivity index (χ0n) is 26.2. The van der Waals surface area contributed by atoms with Crippen LogP contribution < -0.4 is 20.7 Å². The van der Waals surface area contributed by atoms with Crippen LogP contribution in [0.15, 0.2) is 60.8 Å². The highest BCUT2D eigenvalue weighted by Crippen LogP contribution is 2.32. The number of ether oxygens (including phenoxy) is 1. The molecular formula is C33H39ClFN5O6S. The molecule has 5 rings (SSSR count). The van der Waals surface area contributed by atoms with Crippen LogP contribution in [-0.4, -0.2) is 77.9 Å². The van der Waals surface area contributed by atoms with E-state index >= 15 is 4.39 Å². The van der Waals surface area contributed by atoms with Crippen LogP contribution in [0, 0.1) is 5.82 Å². The Morgan fingerprint density at radius 2 is 1.89 bits per heavy atom. The minimum atomic E-state index is -3.44. The topological polar surface area (TPSA) is 150 Å². The number of piperazine rings is 1. The van der Waals surface area contributed by atoms with Crippen molar-refractivity contribution in [3.63, 3.8) is 0 Å². The maximum absolute atomic E-state index is 15.3. The van der Waals surface area contributed by atoms with Crippen LogP contribution in [0.4, 0.5) is 14.9 Å². The molecule has 5 atom stereocenters. The maximum Gasteiger partial charge on any atom is 0.405 e. The van der Waals surface area contributed by atoms with Crippen LogP contribution in [0.1, 0.15) is 55.7 Å². The van der Waals surface area contributed by atoms with Crippen LogP contribution >= 0.6 is 11.6 Å². The van der Waals surface area contributed by atoms with E-state index in [-0.39, 0.29) is 41.6 Å². The summed E-state index contributed by atoms with van der Waals surface area (Å²) in [5, 5.41) is 18.8. The average molecular weight is 688 g/mol. The second-order valence-electron chi connectivity index (χ2n) is 12.1. The van der Waals surface area contributed by atoms with Gasteiger partial charge in [-0.3, -0.25) is 4.79 Å². The van der Waals surface area contributed by atoms with E-state index in [4.69, 9.17) is 16.3 Å².